The zero-order chi connectivity index (χ0) is 9.26. The largest absolute Gasteiger partial charge is 0.473 e. The molecule has 1 heterocycles. The standard InChI is InChI=1S/C9H9Cl2NO/c10-7-4-5-8(11)12-9(7)13-6-2-1-3-6/h4-6H,1-3H2. The van der Waals surface area contributed by atoms with Gasteiger partial charge in [-0.2, -0.15) is 0 Å². The van der Waals surface area contributed by atoms with Crippen LogP contribution in [0.25, 0.3) is 0 Å². The second-order valence-electron chi connectivity index (χ2n) is 3.09. The lowest BCUT2D eigenvalue weighted by Crippen LogP contribution is -2.25. The number of ether oxygens (including phenoxy) is 1. The van der Waals surface area contributed by atoms with Crippen molar-refractivity contribution in [2.75, 3.05) is 0 Å². The van der Waals surface area contributed by atoms with Crippen LogP contribution in [0.4, 0.5) is 0 Å². The average Bonchev–Trinajstić information content (AvgIpc) is 2.03. The van der Waals surface area contributed by atoms with E-state index in [2.05, 4.69) is 4.98 Å². The Hall–Kier alpha value is -0.470. The van der Waals surface area contributed by atoms with Crippen LogP contribution in [0.15, 0.2) is 12.1 Å². The Morgan fingerprint density at radius 3 is 2.69 bits per heavy atom. The summed E-state index contributed by atoms with van der Waals surface area (Å²) in [6.45, 7) is 0. The molecule has 13 heavy (non-hydrogen) atoms. The van der Waals surface area contributed by atoms with Crippen molar-refractivity contribution in [3.05, 3.63) is 22.3 Å². The molecule has 1 saturated carbocycles. The molecule has 1 aliphatic carbocycles. The highest BCUT2D eigenvalue weighted by molar-refractivity contribution is 6.33. The van der Waals surface area contributed by atoms with E-state index >= 15 is 0 Å². The number of hydrogen-bond donors (Lipinski definition) is 0. The predicted molar refractivity (Wildman–Crippen MR) is 52.5 cm³/mol. The highest BCUT2D eigenvalue weighted by Gasteiger charge is 2.20. The topological polar surface area (TPSA) is 22.1 Å². The van der Waals surface area contributed by atoms with E-state index in [4.69, 9.17) is 27.9 Å². The fourth-order valence-electron chi connectivity index (χ4n) is 1.13. The molecule has 4 heteroatoms. The number of aromatic nitrogens is 1. The Morgan fingerprint density at radius 2 is 2.08 bits per heavy atom. The van der Waals surface area contributed by atoms with Crippen molar-refractivity contribution in [1.82, 2.24) is 4.98 Å². The van der Waals surface area contributed by atoms with Gasteiger partial charge in [-0.05, 0) is 31.4 Å². The first-order valence-electron chi connectivity index (χ1n) is 4.24. The SMILES string of the molecule is Clc1ccc(Cl)c(OC2CCC2)n1. The number of pyridine rings is 1. The maximum Gasteiger partial charge on any atom is 0.234 e. The van der Waals surface area contributed by atoms with Gasteiger partial charge < -0.3 is 4.74 Å². The van der Waals surface area contributed by atoms with Gasteiger partial charge in [-0.15, -0.1) is 0 Å². The third-order valence-corrected chi connectivity index (χ3v) is 2.61. The van der Waals surface area contributed by atoms with Crippen molar-refractivity contribution in [3.63, 3.8) is 0 Å². The number of halogens is 2. The van der Waals surface area contributed by atoms with Crippen LogP contribution in [0.2, 0.25) is 10.2 Å². The summed E-state index contributed by atoms with van der Waals surface area (Å²) in [5.74, 6) is 0.457. The van der Waals surface area contributed by atoms with E-state index in [1.54, 1.807) is 12.1 Å². The van der Waals surface area contributed by atoms with Crippen molar-refractivity contribution in [2.45, 2.75) is 25.4 Å². The lowest BCUT2D eigenvalue weighted by Gasteiger charge is -2.25. The molecule has 0 aromatic carbocycles. The first-order chi connectivity index (χ1) is 6.25. The average molecular weight is 218 g/mol. The lowest BCUT2D eigenvalue weighted by molar-refractivity contribution is 0.115. The molecule has 0 amide bonds. The summed E-state index contributed by atoms with van der Waals surface area (Å²) in [5, 5.41) is 0.940. The maximum absolute atomic E-state index is 5.88. The Balaban J connectivity index is 2.13. The van der Waals surface area contributed by atoms with Gasteiger partial charge in [0.2, 0.25) is 5.88 Å². The minimum absolute atomic E-state index is 0.281. The van der Waals surface area contributed by atoms with Crippen LogP contribution in [-0.4, -0.2) is 11.1 Å². The Bertz CT molecular complexity index is 312. The molecular formula is C9H9Cl2NO. The number of rotatable bonds is 2. The highest BCUT2D eigenvalue weighted by atomic mass is 35.5. The minimum atomic E-state index is 0.281. The summed E-state index contributed by atoms with van der Waals surface area (Å²) in [7, 11) is 0. The fourth-order valence-corrected chi connectivity index (χ4v) is 1.42. The fraction of sp³-hybridized carbons (Fsp3) is 0.444. The van der Waals surface area contributed by atoms with E-state index in [0.717, 1.165) is 12.8 Å². The lowest BCUT2D eigenvalue weighted by atomic mass is 9.96. The zero-order valence-electron chi connectivity index (χ0n) is 6.96. The van der Waals surface area contributed by atoms with Crippen molar-refractivity contribution in [3.8, 4) is 5.88 Å². The van der Waals surface area contributed by atoms with E-state index < -0.39 is 0 Å². The number of hydrogen-bond acceptors (Lipinski definition) is 2. The Kier molecular flexibility index (Phi) is 2.61. The zero-order valence-corrected chi connectivity index (χ0v) is 8.48. The van der Waals surface area contributed by atoms with E-state index in [9.17, 15) is 0 Å². The molecule has 0 spiro atoms. The van der Waals surface area contributed by atoms with Crippen LogP contribution in [0, 0.1) is 0 Å². The van der Waals surface area contributed by atoms with Crippen molar-refractivity contribution < 1.29 is 4.74 Å². The summed E-state index contributed by atoms with van der Waals surface area (Å²) in [5.41, 5.74) is 0. The van der Waals surface area contributed by atoms with Gasteiger partial charge in [0.15, 0.2) is 0 Å². The normalized spacial score (nSPS) is 16.8. The summed E-state index contributed by atoms with van der Waals surface area (Å²) in [6.07, 6.45) is 3.68. The maximum atomic E-state index is 5.88. The second-order valence-corrected chi connectivity index (χ2v) is 3.89. The molecule has 1 aromatic heterocycles. The van der Waals surface area contributed by atoms with Crippen LogP contribution in [0.3, 0.4) is 0 Å². The van der Waals surface area contributed by atoms with Crippen LogP contribution < -0.4 is 4.74 Å². The third kappa shape index (κ3) is 2.06. The van der Waals surface area contributed by atoms with Gasteiger partial charge in [-0.1, -0.05) is 23.2 Å². The highest BCUT2D eigenvalue weighted by Crippen LogP contribution is 2.29. The van der Waals surface area contributed by atoms with Crippen LogP contribution in [0.5, 0.6) is 5.88 Å². The first kappa shape index (κ1) is 9.10. The van der Waals surface area contributed by atoms with E-state index in [1.807, 2.05) is 0 Å². The van der Waals surface area contributed by atoms with Crippen molar-refractivity contribution in [2.24, 2.45) is 0 Å². The summed E-state index contributed by atoms with van der Waals surface area (Å²) < 4.78 is 5.53. The predicted octanol–water partition coefficient (Wildman–Crippen LogP) is 3.32. The van der Waals surface area contributed by atoms with Crippen molar-refractivity contribution in [1.29, 1.82) is 0 Å². The quantitative estimate of drug-likeness (QED) is 0.710. The molecule has 1 fully saturated rings. The molecule has 70 valence electrons. The minimum Gasteiger partial charge on any atom is -0.473 e. The molecule has 0 atom stereocenters. The van der Waals surface area contributed by atoms with Crippen LogP contribution >= 0.6 is 23.2 Å². The molecular weight excluding hydrogens is 209 g/mol. The van der Waals surface area contributed by atoms with Crippen LogP contribution in [0.1, 0.15) is 19.3 Å². The van der Waals surface area contributed by atoms with Gasteiger partial charge >= 0.3 is 0 Å². The first-order valence-corrected chi connectivity index (χ1v) is 5.00. The van der Waals surface area contributed by atoms with Crippen molar-refractivity contribution >= 4 is 23.2 Å². The summed E-state index contributed by atoms with van der Waals surface area (Å²) in [4.78, 5) is 4.01. The number of nitrogens with zero attached hydrogens (tertiary/aromatic N) is 1. The van der Waals surface area contributed by atoms with Crippen LogP contribution in [-0.2, 0) is 0 Å². The van der Waals surface area contributed by atoms with E-state index in [-0.39, 0.29) is 6.10 Å². The molecule has 1 aliphatic rings. The molecule has 0 saturated heterocycles. The molecule has 0 radical (unpaired) electrons. The molecule has 2 nitrogen and oxygen atoms in total. The molecule has 2 rings (SSSR count). The molecule has 1 aromatic rings. The smallest absolute Gasteiger partial charge is 0.234 e. The molecule has 0 bridgehead atoms. The van der Waals surface area contributed by atoms with Gasteiger partial charge in [0, 0.05) is 0 Å². The Labute approximate surface area is 86.8 Å². The molecule has 0 unspecified atom stereocenters. The molecule has 0 N–H and O–H groups in total. The van der Waals surface area contributed by atoms with Gasteiger partial charge in [0.05, 0.1) is 0 Å². The second kappa shape index (κ2) is 3.72. The molecule has 0 aliphatic heterocycles. The monoisotopic (exact) mass is 217 g/mol. The van der Waals surface area contributed by atoms with Gasteiger partial charge in [0.1, 0.15) is 16.3 Å². The van der Waals surface area contributed by atoms with Gasteiger partial charge in [-0.3, -0.25) is 0 Å². The third-order valence-electron chi connectivity index (χ3n) is 2.11. The summed E-state index contributed by atoms with van der Waals surface area (Å²) >= 11 is 11.6. The van der Waals surface area contributed by atoms with Gasteiger partial charge in [-0.25, -0.2) is 4.98 Å². The Morgan fingerprint density at radius 1 is 1.31 bits per heavy atom. The van der Waals surface area contributed by atoms with Gasteiger partial charge in [0.25, 0.3) is 0 Å². The van der Waals surface area contributed by atoms with E-state index in [1.165, 1.54) is 6.42 Å². The van der Waals surface area contributed by atoms with E-state index in [0.29, 0.717) is 16.1 Å². The summed E-state index contributed by atoms with van der Waals surface area (Å²) in [6, 6.07) is 3.35.